The largest absolute Gasteiger partial charge is 0.366 e. The molecule has 43 heavy (non-hydrogen) atoms. The summed E-state index contributed by atoms with van der Waals surface area (Å²) < 4.78 is 7.96. The number of rotatable bonds is 6. The van der Waals surface area contributed by atoms with Gasteiger partial charge in [-0.25, -0.2) is 0 Å². The molecule has 1 N–H and O–H groups in total. The van der Waals surface area contributed by atoms with Crippen LogP contribution in [0, 0.1) is 18.3 Å². The molecular formula is C32H41Cl2N7O2. The van der Waals surface area contributed by atoms with Crippen LogP contribution in [0.5, 0.6) is 0 Å². The van der Waals surface area contributed by atoms with Crippen LogP contribution in [-0.2, 0) is 9.53 Å². The maximum absolute atomic E-state index is 12.1. The number of nitrogens with one attached hydrogen (secondary N) is 1. The molecule has 3 aliphatic heterocycles. The number of fused-ring (bicyclic) bond motifs is 1. The molecule has 230 valence electrons. The third-order valence-corrected chi connectivity index (χ3v) is 11.1. The van der Waals surface area contributed by atoms with Crippen molar-refractivity contribution >= 4 is 45.8 Å². The molecule has 3 aromatic rings. The number of amides is 1. The summed E-state index contributed by atoms with van der Waals surface area (Å²) >= 11 is 13.7. The summed E-state index contributed by atoms with van der Waals surface area (Å²) in [5.41, 5.74) is 3.94. The van der Waals surface area contributed by atoms with E-state index in [0.717, 1.165) is 112 Å². The molecule has 2 aromatic heterocycles. The van der Waals surface area contributed by atoms with Gasteiger partial charge in [-0.3, -0.25) is 19.5 Å². The first-order valence-electron chi connectivity index (χ1n) is 15.5. The van der Waals surface area contributed by atoms with Crippen molar-refractivity contribution in [3.63, 3.8) is 0 Å². The minimum Gasteiger partial charge on any atom is -0.366 e. The van der Waals surface area contributed by atoms with E-state index in [1.807, 2.05) is 17.2 Å². The maximum atomic E-state index is 12.1. The van der Waals surface area contributed by atoms with Crippen molar-refractivity contribution in [3.8, 4) is 11.1 Å². The number of ether oxygens (including phenoxy) is 1. The Morgan fingerprint density at radius 1 is 1.21 bits per heavy atom. The number of benzene rings is 1. The number of H-pyrrole nitrogens is 1. The molecule has 11 heteroatoms. The Kier molecular flexibility index (Phi) is 7.31. The van der Waals surface area contributed by atoms with Gasteiger partial charge in [-0.15, -0.1) is 0 Å². The zero-order valence-corrected chi connectivity index (χ0v) is 26.8. The number of aromatic amines is 1. The Hall–Kier alpha value is -2.59. The van der Waals surface area contributed by atoms with Crippen molar-refractivity contribution in [1.29, 1.82) is 0 Å². The lowest BCUT2D eigenvalue weighted by Crippen LogP contribution is -2.63. The minimum atomic E-state index is -0.110. The lowest BCUT2D eigenvalue weighted by atomic mass is 9.60. The Balaban J connectivity index is 1.23. The van der Waals surface area contributed by atoms with Crippen LogP contribution in [0.15, 0.2) is 24.9 Å². The summed E-state index contributed by atoms with van der Waals surface area (Å²) in [7, 11) is 0. The molecule has 4 aliphatic rings. The van der Waals surface area contributed by atoms with Crippen LogP contribution in [0.4, 0.5) is 5.82 Å². The standard InChI is InChI=1S/C32H41Cl2N7O2/c1-5-26(42)39-17-32(18-39)13-22(14-32)41-20(2)27(28-23-15-35-36-25(23)11-24(33)29(28)34)30(37-41)40-9-7-21(12-31(40,3)4)16-38-8-6-10-43-19-38/h5,11,15,21-22H,1,6-10,12-14,16-19H2,2-4H3,(H,35,36)/t21-/m1/s1. The molecule has 1 atom stereocenters. The van der Waals surface area contributed by atoms with E-state index in [4.69, 9.17) is 33.0 Å². The Morgan fingerprint density at radius 3 is 2.70 bits per heavy atom. The number of hydrogen-bond acceptors (Lipinski definition) is 6. The van der Waals surface area contributed by atoms with Crippen molar-refractivity contribution < 1.29 is 9.53 Å². The van der Waals surface area contributed by atoms with Gasteiger partial charge in [0.1, 0.15) is 0 Å². The van der Waals surface area contributed by atoms with E-state index in [9.17, 15) is 4.79 Å². The number of hydrogen-bond donors (Lipinski definition) is 1. The molecule has 1 saturated carbocycles. The summed E-state index contributed by atoms with van der Waals surface area (Å²) in [4.78, 5) is 18.9. The van der Waals surface area contributed by atoms with Crippen molar-refractivity contribution in [3.05, 3.63) is 40.7 Å². The predicted octanol–water partition coefficient (Wildman–Crippen LogP) is 6.07. The summed E-state index contributed by atoms with van der Waals surface area (Å²) in [5.74, 6) is 1.58. The number of aromatic nitrogens is 4. The van der Waals surface area contributed by atoms with E-state index in [1.54, 1.807) is 0 Å². The second-order valence-corrected chi connectivity index (χ2v) is 14.6. The highest BCUT2D eigenvalue weighted by Gasteiger charge is 2.54. The smallest absolute Gasteiger partial charge is 0.245 e. The molecule has 1 spiro atoms. The highest BCUT2D eigenvalue weighted by atomic mass is 35.5. The Labute approximate surface area is 263 Å². The molecule has 1 amide bonds. The molecule has 0 bridgehead atoms. The van der Waals surface area contributed by atoms with Crippen LogP contribution in [0.25, 0.3) is 22.0 Å². The number of piperidine rings is 1. The van der Waals surface area contributed by atoms with E-state index in [0.29, 0.717) is 16.0 Å². The first-order valence-corrected chi connectivity index (χ1v) is 16.2. The molecule has 1 aromatic carbocycles. The zero-order valence-electron chi connectivity index (χ0n) is 25.3. The minimum absolute atomic E-state index is 0.0205. The maximum Gasteiger partial charge on any atom is 0.245 e. The molecule has 7 rings (SSSR count). The van der Waals surface area contributed by atoms with Crippen LogP contribution in [-0.4, -0.2) is 87.3 Å². The van der Waals surface area contributed by atoms with Crippen molar-refractivity contribution in [1.82, 2.24) is 29.8 Å². The average Bonchev–Trinajstić information content (AvgIpc) is 3.52. The summed E-state index contributed by atoms with van der Waals surface area (Å²) in [6.45, 7) is 16.8. The second-order valence-electron chi connectivity index (χ2n) is 13.9. The molecule has 0 unspecified atom stereocenters. The SMILES string of the molecule is C=CC(=O)N1CC2(CC(n3nc(N4CC[C@@H](CN5CCCOC5)CC4(C)C)c(-c4c(Cl)c(Cl)cc5[nH]ncc45)c3C)C2)C1. The number of likely N-dealkylation sites (tertiary alicyclic amines) is 1. The summed E-state index contributed by atoms with van der Waals surface area (Å²) in [6, 6.07) is 2.11. The molecular weight excluding hydrogens is 585 g/mol. The summed E-state index contributed by atoms with van der Waals surface area (Å²) in [6.07, 6.45) is 8.52. The Bertz CT molecular complexity index is 1560. The fourth-order valence-electron chi connectivity index (χ4n) is 8.28. The van der Waals surface area contributed by atoms with E-state index in [-0.39, 0.29) is 22.9 Å². The van der Waals surface area contributed by atoms with E-state index >= 15 is 0 Å². The lowest BCUT2D eigenvalue weighted by molar-refractivity contribution is -0.149. The monoisotopic (exact) mass is 625 g/mol. The normalized spacial score (nSPS) is 23.9. The quantitative estimate of drug-likeness (QED) is 0.335. The first-order chi connectivity index (χ1) is 20.6. The topological polar surface area (TPSA) is 82.5 Å². The fraction of sp³-hybridized carbons (Fsp3) is 0.594. The number of carbonyl (C=O) groups is 1. The van der Waals surface area contributed by atoms with Gasteiger partial charge >= 0.3 is 0 Å². The average molecular weight is 627 g/mol. The molecule has 4 fully saturated rings. The fourth-order valence-corrected chi connectivity index (χ4v) is 8.73. The van der Waals surface area contributed by atoms with Gasteiger partial charge < -0.3 is 14.5 Å². The third kappa shape index (κ3) is 4.96. The van der Waals surface area contributed by atoms with Crippen LogP contribution >= 0.6 is 23.2 Å². The number of carbonyl (C=O) groups excluding carboxylic acids is 1. The van der Waals surface area contributed by atoms with Crippen LogP contribution < -0.4 is 4.90 Å². The van der Waals surface area contributed by atoms with Crippen molar-refractivity contribution in [2.45, 2.75) is 64.5 Å². The molecule has 3 saturated heterocycles. The lowest BCUT2D eigenvalue weighted by Gasteiger charge is -2.58. The van der Waals surface area contributed by atoms with E-state index < -0.39 is 0 Å². The number of halogens is 2. The van der Waals surface area contributed by atoms with Gasteiger partial charge in [-0.05, 0) is 70.9 Å². The van der Waals surface area contributed by atoms with Crippen molar-refractivity contribution in [2.24, 2.45) is 11.3 Å². The molecule has 5 heterocycles. The highest BCUT2D eigenvalue weighted by Crippen LogP contribution is 2.56. The third-order valence-electron chi connectivity index (χ3n) is 10.3. The highest BCUT2D eigenvalue weighted by molar-refractivity contribution is 6.45. The number of anilines is 1. The molecule has 9 nitrogen and oxygen atoms in total. The van der Waals surface area contributed by atoms with Gasteiger partial charge in [0, 0.05) is 72.5 Å². The van der Waals surface area contributed by atoms with E-state index in [1.165, 1.54) is 6.08 Å². The zero-order chi connectivity index (χ0) is 30.1. The van der Waals surface area contributed by atoms with Gasteiger partial charge in [0.2, 0.25) is 5.91 Å². The van der Waals surface area contributed by atoms with Crippen molar-refractivity contribution in [2.75, 3.05) is 51.0 Å². The molecule has 0 radical (unpaired) electrons. The van der Waals surface area contributed by atoms with Gasteiger partial charge in [-0.1, -0.05) is 29.8 Å². The predicted molar refractivity (Wildman–Crippen MR) is 171 cm³/mol. The van der Waals surface area contributed by atoms with Gasteiger partial charge in [-0.2, -0.15) is 10.2 Å². The van der Waals surface area contributed by atoms with Gasteiger partial charge in [0.05, 0.1) is 34.5 Å². The Morgan fingerprint density at radius 2 is 2.00 bits per heavy atom. The van der Waals surface area contributed by atoms with Gasteiger partial charge in [0.25, 0.3) is 0 Å². The van der Waals surface area contributed by atoms with Gasteiger partial charge in [0.15, 0.2) is 5.82 Å². The van der Waals surface area contributed by atoms with Crippen LogP contribution in [0.1, 0.15) is 57.7 Å². The van der Waals surface area contributed by atoms with Crippen LogP contribution in [0.3, 0.4) is 0 Å². The number of nitrogens with zero attached hydrogens (tertiary/aromatic N) is 6. The second kappa shape index (κ2) is 10.8. The molecule has 1 aliphatic carbocycles. The van der Waals surface area contributed by atoms with Crippen LogP contribution in [0.2, 0.25) is 10.0 Å². The van der Waals surface area contributed by atoms with E-state index in [2.05, 4.69) is 52.0 Å². The first kappa shape index (κ1) is 29.1. The summed E-state index contributed by atoms with van der Waals surface area (Å²) in [5, 5.41) is 14.8.